The molecule has 0 aliphatic carbocycles. The number of aromatic nitrogens is 1. The minimum Gasteiger partial charge on any atom is -0.444 e. The molecule has 1 heterocycles. The van der Waals surface area contributed by atoms with Gasteiger partial charge in [-0.25, -0.2) is 14.2 Å². The van der Waals surface area contributed by atoms with E-state index in [1.165, 1.54) is 12.1 Å². The fraction of sp³-hybridized carbons (Fsp3) is 0.333. The zero-order valence-corrected chi connectivity index (χ0v) is 15.9. The molecule has 0 unspecified atom stereocenters. The third-order valence-electron chi connectivity index (χ3n) is 3.73. The fourth-order valence-electron chi connectivity index (χ4n) is 2.42. The molecule has 0 saturated carbocycles. The van der Waals surface area contributed by atoms with E-state index in [1.54, 1.807) is 18.2 Å². The fourth-order valence-corrected chi connectivity index (χ4v) is 2.42. The topological polar surface area (TPSA) is 51.2 Å². The predicted molar refractivity (Wildman–Crippen MR) is 102 cm³/mol. The van der Waals surface area contributed by atoms with Crippen LogP contribution >= 0.6 is 0 Å². The summed E-state index contributed by atoms with van der Waals surface area (Å²) < 4.78 is 18.5. The molecular weight excluding hydrogens is 331 g/mol. The number of pyridine rings is 1. The van der Waals surface area contributed by atoms with Crippen molar-refractivity contribution in [2.45, 2.75) is 45.8 Å². The smallest absolute Gasteiger partial charge is 0.408 e. The Balaban J connectivity index is 2.38. The van der Waals surface area contributed by atoms with E-state index < -0.39 is 17.2 Å². The SMILES string of the molecule is C=Cc1cc(C(C)(C)NC(=O)OC(C)(C)C)cc(-c2ccc(F)cc2)n1. The second-order valence-electron chi connectivity index (χ2n) is 7.63. The van der Waals surface area contributed by atoms with Gasteiger partial charge in [0, 0.05) is 5.56 Å². The van der Waals surface area contributed by atoms with Crippen molar-refractivity contribution in [1.29, 1.82) is 0 Å². The molecule has 0 fully saturated rings. The number of benzene rings is 1. The minimum atomic E-state index is -0.697. The van der Waals surface area contributed by atoms with Crippen LogP contribution in [0.3, 0.4) is 0 Å². The van der Waals surface area contributed by atoms with Crippen LogP contribution in [0.25, 0.3) is 17.3 Å². The van der Waals surface area contributed by atoms with E-state index in [4.69, 9.17) is 4.74 Å². The molecular formula is C21H25FN2O2. The van der Waals surface area contributed by atoms with Gasteiger partial charge in [0.25, 0.3) is 0 Å². The minimum absolute atomic E-state index is 0.305. The number of nitrogens with one attached hydrogen (secondary N) is 1. The summed E-state index contributed by atoms with van der Waals surface area (Å²) in [4.78, 5) is 16.7. The molecule has 2 aromatic rings. The first kappa shape index (κ1) is 19.6. The van der Waals surface area contributed by atoms with Crippen LogP contribution in [0.15, 0.2) is 43.0 Å². The maximum absolute atomic E-state index is 13.2. The van der Waals surface area contributed by atoms with Crippen molar-refractivity contribution in [3.8, 4) is 11.3 Å². The Labute approximate surface area is 154 Å². The van der Waals surface area contributed by atoms with Crippen molar-refractivity contribution in [2.75, 3.05) is 0 Å². The maximum atomic E-state index is 13.2. The molecule has 0 atom stereocenters. The normalized spacial score (nSPS) is 11.8. The highest BCUT2D eigenvalue weighted by molar-refractivity contribution is 5.70. The summed E-state index contributed by atoms with van der Waals surface area (Å²) in [5.74, 6) is -0.305. The predicted octanol–water partition coefficient (Wildman–Crippen LogP) is 5.29. The third-order valence-corrected chi connectivity index (χ3v) is 3.73. The highest BCUT2D eigenvalue weighted by Gasteiger charge is 2.27. The lowest BCUT2D eigenvalue weighted by Gasteiger charge is -2.29. The summed E-state index contributed by atoms with van der Waals surface area (Å²) in [6.07, 6.45) is 1.14. The average molecular weight is 356 g/mol. The Bertz CT molecular complexity index is 806. The van der Waals surface area contributed by atoms with Crippen molar-refractivity contribution >= 4 is 12.2 Å². The van der Waals surface area contributed by atoms with Gasteiger partial charge >= 0.3 is 6.09 Å². The van der Waals surface area contributed by atoms with Crippen LogP contribution in [0.2, 0.25) is 0 Å². The Morgan fingerprint density at radius 1 is 1.15 bits per heavy atom. The average Bonchev–Trinajstić information content (AvgIpc) is 2.52. The van der Waals surface area contributed by atoms with E-state index >= 15 is 0 Å². The Morgan fingerprint density at radius 2 is 1.77 bits per heavy atom. The van der Waals surface area contributed by atoms with E-state index in [9.17, 15) is 9.18 Å². The maximum Gasteiger partial charge on any atom is 0.408 e. The van der Waals surface area contributed by atoms with Gasteiger partial charge in [-0.1, -0.05) is 6.58 Å². The standard InChI is InChI=1S/C21H25FN2O2/c1-7-17-12-15(21(5,6)24-19(25)26-20(2,3)4)13-18(23-17)14-8-10-16(22)11-9-14/h7-13H,1H2,2-6H3,(H,24,25). The Hall–Kier alpha value is -2.69. The number of hydrogen-bond donors (Lipinski definition) is 1. The third kappa shape index (κ3) is 5.15. The van der Waals surface area contributed by atoms with E-state index in [0.717, 1.165) is 11.1 Å². The summed E-state index contributed by atoms with van der Waals surface area (Å²) >= 11 is 0. The van der Waals surface area contributed by atoms with Crippen LogP contribution in [-0.2, 0) is 10.3 Å². The highest BCUT2D eigenvalue weighted by atomic mass is 19.1. The van der Waals surface area contributed by atoms with Crippen LogP contribution in [0.1, 0.15) is 45.9 Å². The van der Waals surface area contributed by atoms with Crippen LogP contribution in [0.4, 0.5) is 9.18 Å². The summed E-state index contributed by atoms with van der Waals surface area (Å²) in [5.41, 5.74) is 1.69. The Morgan fingerprint density at radius 3 is 2.31 bits per heavy atom. The molecule has 0 bridgehead atoms. The Kier molecular flexibility index (Phi) is 5.50. The van der Waals surface area contributed by atoms with Crippen molar-refractivity contribution < 1.29 is 13.9 Å². The van der Waals surface area contributed by atoms with E-state index in [0.29, 0.717) is 11.4 Å². The van der Waals surface area contributed by atoms with Gasteiger partial charge in [-0.05, 0) is 82.7 Å². The second kappa shape index (κ2) is 7.28. The molecule has 0 saturated heterocycles. The van der Waals surface area contributed by atoms with Crippen molar-refractivity contribution in [3.63, 3.8) is 0 Å². The first-order valence-electron chi connectivity index (χ1n) is 8.42. The van der Waals surface area contributed by atoms with Gasteiger partial charge in [-0.2, -0.15) is 0 Å². The molecule has 5 heteroatoms. The zero-order chi connectivity index (χ0) is 19.5. The first-order chi connectivity index (χ1) is 12.0. The lowest BCUT2D eigenvalue weighted by molar-refractivity contribution is 0.0470. The van der Waals surface area contributed by atoms with E-state index in [1.807, 2.05) is 46.8 Å². The monoisotopic (exact) mass is 356 g/mol. The molecule has 2 rings (SSSR count). The molecule has 1 aromatic carbocycles. The van der Waals surface area contributed by atoms with Crippen LogP contribution in [0.5, 0.6) is 0 Å². The molecule has 0 radical (unpaired) electrons. The number of halogens is 1. The number of amides is 1. The number of rotatable bonds is 4. The highest BCUT2D eigenvalue weighted by Crippen LogP contribution is 2.27. The quantitative estimate of drug-likeness (QED) is 0.810. The molecule has 0 aliphatic rings. The molecule has 0 spiro atoms. The molecule has 1 amide bonds. The summed E-state index contributed by atoms with van der Waals surface area (Å²) in [5, 5.41) is 2.88. The van der Waals surface area contributed by atoms with Gasteiger partial charge in [-0.3, -0.25) is 0 Å². The number of hydrogen-bond acceptors (Lipinski definition) is 3. The van der Waals surface area contributed by atoms with Gasteiger partial charge < -0.3 is 10.1 Å². The summed E-state index contributed by atoms with van der Waals surface area (Å²) in [7, 11) is 0. The van der Waals surface area contributed by atoms with Crippen LogP contribution in [0, 0.1) is 5.82 Å². The number of alkyl carbamates (subject to hydrolysis) is 1. The zero-order valence-electron chi connectivity index (χ0n) is 15.9. The van der Waals surface area contributed by atoms with Gasteiger partial charge in [0.05, 0.1) is 16.9 Å². The molecule has 26 heavy (non-hydrogen) atoms. The molecule has 1 N–H and O–H groups in total. The molecule has 4 nitrogen and oxygen atoms in total. The van der Waals surface area contributed by atoms with Gasteiger partial charge in [0.2, 0.25) is 0 Å². The summed E-state index contributed by atoms with van der Waals surface area (Å²) in [6.45, 7) is 13.0. The van der Waals surface area contributed by atoms with Crippen molar-refractivity contribution in [2.24, 2.45) is 0 Å². The van der Waals surface area contributed by atoms with Crippen molar-refractivity contribution in [3.05, 3.63) is 60.1 Å². The molecule has 138 valence electrons. The summed E-state index contributed by atoms with van der Waals surface area (Å²) in [6, 6.07) is 9.85. The van der Waals surface area contributed by atoms with E-state index in [2.05, 4.69) is 16.9 Å². The van der Waals surface area contributed by atoms with Gasteiger partial charge in [-0.15, -0.1) is 0 Å². The lowest BCUT2D eigenvalue weighted by atomic mass is 9.92. The first-order valence-corrected chi connectivity index (χ1v) is 8.42. The second-order valence-corrected chi connectivity index (χ2v) is 7.63. The van der Waals surface area contributed by atoms with Crippen LogP contribution < -0.4 is 5.32 Å². The number of carbonyl (C=O) groups is 1. The van der Waals surface area contributed by atoms with Gasteiger partial charge in [0.15, 0.2) is 0 Å². The lowest BCUT2D eigenvalue weighted by Crippen LogP contribution is -2.43. The van der Waals surface area contributed by atoms with E-state index in [-0.39, 0.29) is 5.82 Å². The van der Waals surface area contributed by atoms with Crippen LogP contribution in [-0.4, -0.2) is 16.7 Å². The largest absolute Gasteiger partial charge is 0.444 e. The number of ether oxygens (including phenoxy) is 1. The van der Waals surface area contributed by atoms with Crippen molar-refractivity contribution in [1.82, 2.24) is 10.3 Å². The number of nitrogens with zero attached hydrogens (tertiary/aromatic N) is 1. The molecule has 1 aromatic heterocycles. The number of carbonyl (C=O) groups excluding carboxylic acids is 1. The van der Waals surface area contributed by atoms with Gasteiger partial charge in [0.1, 0.15) is 11.4 Å². The molecule has 0 aliphatic heterocycles.